The third-order valence-electron chi connectivity index (χ3n) is 4.30. The Balaban J connectivity index is 1.72. The number of hydrogen-bond acceptors (Lipinski definition) is 7. The highest BCUT2D eigenvalue weighted by Crippen LogP contribution is 2.28. The number of Topliss-reactive ketones (excluding diaryl/α,β-unsaturated/α-hetero) is 1. The highest BCUT2D eigenvalue weighted by atomic mass is 32.2. The third kappa shape index (κ3) is 4.45. The van der Waals surface area contributed by atoms with Crippen molar-refractivity contribution in [2.24, 2.45) is 0 Å². The fourth-order valence-corrected chi connectivity index (χ4v) is 3.56. The highest BCUT2D eigenvalue weighted by molar-refractivity contribution is 7.98. The van der Waals surface area contributed by atoms with Gasteiger partial charge < -0.3 is 15.3 Å². The molecule has 2 aromatic carbocycles. The van der Waals surface area contributed by atoms with E-state index in [-0.39, 0.29) is 5.78 Å². The smallest absolute Gasteiger partial charge is 0.210 e. The largest absolute Gasteiger partial charge is 0.497 e. The maximum atomic E-state index is 11.6. The second kappa shape index (κ2) is 8.79. The SMILES string of the molecule is COc1ccc(Cc2nnc(SCc3cc(C(C)=O)ccc3OC)n2N)cc1. The maximum Gasteiger partial charge on any atom is 0.210 e. The molecule has 0 amide bonds. The quantitative estimate of drug-likeness (QED) is 0.354. The average molecular weight is 398 g/mol. The van der Waals surface area contributed by atoms with E-state index in [9.17, 15) is 4.79 Å². The molecule has 2 N–H and O–H groups in total. The van der Waals surface area contributed by atoms with Crippen molar-refractivity contribution in [2.45, 2.75) is 24.3 Å². The van der Waals surface area contributed by atoms with Crippen LogP contribution in [0, 0.1) is 0 Å². The van der Waals surface area contributed by atoms with Gasteiger partial charge in [0.15, 0.2) is 11.6 Å². The van der Waals surface area contributed by atoms with Crippen molar-refractivity contribution in [1.29, 1.82) is 0 Å². The van der Waals surface area contributed by atoms with Crippen LogP contribution in [0.15, 0.2) is 47.6 Å². The van der Waals surface area contributed by atoms with Crippen LogP contribution in [0.25, 0.3) is 0 Å². The van der Waals surface area contributed by atoms with E-state index in [1.807, 2.05) is 30.3 Å². The Hall–Kier alpha value is -3.00. The first kappa shape index (κ1) is 19.8. The number of aromatic nitrogens is 3. The fourth-order valence-electron chi connectivity index (χ4n) is 2.70. The van der Waals surface area contributed by atoms with E-state index >= 15 is 0 Å². The number of carbonyl (C=O) groups is 1. The summed E-state index contributed by atoms with van der Waals surface area (Å²) in [6, 6.07) is 13.1. The standard InChI is InChI=1S/C20H22N4O3S/c1-13(25)15-6-9-18(27-3)16(11-15)12-28-20-23-22-19(24(20)21)10-14-4-7-17(26-2)8-5-14/h4-9,11H,10,12,21H2,1-3H3. The number of nitrogens with zero attached hydrogens (tertiary/aromatic N) is 3. The maximum absolute atomic E-state index is 11.6. The molecule has 0 aliphatic rings. The number of ketones is 1. The van der Waals surface area contributed by atoms with Gasteiger partial charge in [-0.05, 0) is 42.8 Å². The first-order valence-electron chi connectivity index (χ1n) is 8.64. The van der Waals surface area contributed by atoms with E-state index in [1.54, 1.807) is 33.3 Å². The van der Waals surface area contributed by atoms with Gasteiger partial charge in [-0.25, -0.2) is 4.68 Å². The number of rotatable bonds is 8. The second-order valence-electron chi connectivity index (χ2n) is 6.17. The van der Waals surface area contributed by atoms with E-state index in [0.717, 1.165) is 22.6 Å². The number of thioether (sulfide) groups is 1. The van der Waals surface area contributed by atoms with Gasteiger partial charge in [0, 0.05) is 23.3 Å². The zero-order valence-electron chi connectivity index (χ0n) is 16.0. The molecule has 0 spiro atoms. The van der Waals surface area contributed by atoms with Gasteiger partial charge in [0.2, 0.25) is 5.16 Å². The second-order valence-corrected chi connectivity index (χ2v) is 7.11. The van der Waals surface area contributed by atoms with Crippen LogP contribution in [-0.2, 0) is 12.2 Å². The van der Waals surface area contributed by atoms with Crippen LogP contribution in [0.5, 0.6) is 11.5 Å². The van der Waals surface area contributed by atoms with E-state index in [0.29, 0.717) is 28.7 Å². The number of carbonyl (C=O) groups excluding carboxylic acids is 1. The van der Waals surface area contributed by atoms with Crippen molar-refractivity contribution < 1.29 is 14.3 Å². The number of nitrogen functional groups attached to an aromatic ring is 1. The lowest BCUT2D eigenvalue weighted by Gasteiger charge is -2.09. The number of methoxy groups -OCH3 is 2. The lowest BCUT2D eigenvalue weighted by molar-refractivity contribution is 0.101. The Morgan fingerprint density at radius 2 is 1.86 bits per heavy atom. The summed E-state index contributed by atoms with van der Waals surface area (Å²) in [5.74, 6) is 8.94. The van der Waals surface area contributed by atoms with Crippen molar-refractivity contribution in [3.63, 3.8) is 0 Å². The molecule has 0 aliphatic carbocycles. The topological polar surface area (TPSA) is 92.3 Å². The molecule has 0 saturated heterocycles. The van der Waals surface area contributed by atoms with Crippen LogP contribution in [-0.4, -0.2) is 34.9 Å². The van der Waals surface area contributed by atoms with E-state index < -0.39 is 0 Å². The van der Waals surface area contributed by atoms with Gasteiger partial charge in [0.1, 0.15) is 11.5 Å². The lowest BCUT2D eigenvalue weighted by Crippen LogP contribution is -2.14. The number of hydrogen-bond donors (Lipinski definition) is 1. The fraction of sp³-hybridized carbons (Fsp3) is 0.250. The molecule has 0 aliphatic heterocycles. The molecule has 3 aromatic rings. The minimum absolute atomic E-state index is 0.0117. The third-order valence-corrected chi connectivity index (χ3v) is 5.29. The van der Waals surface area contributed by atoms with E-state index in [2.05, 4.69) is 10.2 Å². The van der Waals surface area contributed by atoms with Crippen LogP contribution < -0.4 is 15.3 Å². The highest BCUT2D eigenvalue weighted by Gasteiger charge is 2.13. The van der Waals surface area contributed by atoms with E-state index in [1.165, 1.54) is 16.4 Å². The summed E-state index contributed by atoms with van der Waals surface area (Å²) in [6.45, 7) is 1.54. The molecule has 7 nitrogen and oxygen atoms in total. The summed E-state index contributed by atoms with van der Waals surface area (Å²) in [7, 11) is 3.24. The molecule has 3 rings (SSSR count). The Morgan fingerprint density at radius 3 is 2.50 bits per heavy atom. The van der Waals surface area contributed by atoms with E-state index in [4.69, 9.17) is 15.3 Å². The molecular weight excluding hydrogens is 376 g/mol. The van der Waals surface area contributed by atoms with Crippen LogP contribution in [0.2, 0.25) is 0 Å². The van der Waals surface area contributed by atoms with Gasteiger partial charge >= 0.3 is 0 Å². The Morgan fingerprint density at radius 1 is 1.11 bits per heavy atom. The summed E-state index contributed by atoms with van der Waals surface area (Å²) in [5.41, 5.74) is 2.61. The molecule has 1 aromatic heterocycles. The monoisotopic (exact) mass is 398 g/mol. The summed E-state index contributed by atoms with van der Waals surface area (Å²) in [5, 5.41) is 8.99. The van der Waals surface area contributed by atoms with Gasteiger partial charge in [-0.2, -0.15) is 0 Å². The Bertz CT molecular complexity index is 970. The Labute approximate surface area is 167 Å². The number of ether oxygens (including phenoxy) is 2. The van der Waals surface area contributed by atoms with Gasteiger partial charge in [0.25, 0.3) is 0 Å². The summed E-state index contributed by atoms with van der Waals surface area (Å²) < 4.78 is 12.1. The minimum atomic E-state index is 0.0117. The van der Waals surface area contributed by atoms with Crippen molar-refractivity contribution in [3.8, 4) is 11.5 Å². The van der Waals surface area contributed by atoms with Gasteiger partial charge in [-0.1, -0.05) is 23.9 Å². The van der Waals surface area contributed by atoms with Crippen LogP contribution in [0.3, 0.4) is 0 Å². The lowest BCUT2D eigenvalue weighted by atomic mass is 10.1. The molecule has 146 valence electrons. The van der Waals surface area contributed by atoms with Crippen LogP contribution >= 0.6 is 11.8 Å². The Kier molecular flexibility index (Phi) is 6.20. The minimum Gasteiger partial charge on any atom is -0.497 e. The normalized spacial score (nSPS) is 10.7. The predicted molar refractivity (Wildman–Crippen MR) is 109 cm³/mol. The molecule has 8 heteroatoms. The number of nitrogens with two attached hydrogens (primary N) is 1. The molecule has 0 radical (unpaired) electrons. The first-order chi connectivity index (χ1) is 13.5. The molecule has 0 unspecified atom stereocenters. The van der Waals surface area contributed by atoms with Crippen molar-refractivity contribution in [3.05, 3.63) is 65.0 Å². The van der Waals surface area contributed by atoms with Crippen molar-refractivity contribution >= 4 is 17.5 Å². The van der Waals surface area contributed by atoms with Gasteiger partial charge in [-0.15, -0.1) is 10.2 Å². The number of benzene rings is 2. The average Bonchev–Trinajstić information content (AvgIpc) is 3.06. The van der Waals surface area contributed by atoms with Crippen molar-refractivity contribution in [1.82, 2.24) is 14.9 Å². The first-order valence-corrected chi connectivity index (χ1v) is 9.63. The molecule has 0 saturated carbocycles. The molecule has 0 bridgehead atoms. The molecular formula is C20H22N4O3S. The van der Waals surface area contributed by atoms with Gasteiger partial charge in [-0.3, -0.25) is 4.79 Å². The van der Waals surface area contributed by atoms with Crippen LogP contribution in [0.4, 0.5) is 0 Å². The van der Waals surface area contributed by atoms with Crippen molar-refractivity contribution in [2.75, 3.05) is 20.1 Å². The zero-order chi connectivity index (χ0) is 20.1. The predicted octanol–water partition coefficient (Wildman–Crippen LogP) is 3.09. The molecule has 28 heavy (non-hydrogen) atoms. The summed E-state index contributed by atoms with van der Waals surface area (Å²) in [6.07, 6.45) is 0.567. The summed E-state index contributed by atoms with van der Waals surface area (Å²) in [4.78, 5) is 11.6. The summed E-state index contributed by atoms with van der Waals surface area (Å²) >= 11 is 1.44. The van der Waals surface area contributed by atoms with Gasteiger partial charge in [0.05, 0.1) is 14.2 Å². The molecule has 0 fully saturated rings. The molecule has 0 atom stereocenters. The zero-order valence-corrected chi connectivity index (χ0v) is 16.8. The molecule has 1 heterocycles. The van der Waals surface area contributed by atoms with Crippen LogP contribution in [0.1, 0.15) is 34.2 Å².